The van der Waals surface area contributed by atoms with Crippen LogP contribution in [-0.4, -0.2) is 34.9 Å². The van der Waals surface area contributed by atoms with Gasteiger partial charge < -0.3 is 15.5 Å². The van der Waals surface area contributed by atoms with Crippen LogP contribution in [0, 0.1) is 0 Å². The lowest BCUT2D eigenvalue weighted by Gasteiger charge is -2.20. The number of rotatable bonds is 72. The van der Waals surface area contributed by atoms with Gasteiger partial charge in [-0.25, -0.2) is 0 Å². The molecule has 4 heteroatoms. The van der Waals surface area contributed by atoms with Crippen LogP contribution in [0.2, 0.25) is 0 Å². The van der Waals surface area contributed by atoms with E-state index in [9.17, 15) is 15.0 Å². The van der Waals surface area contributed by atoms with E-state index in [4.69, 9.17) is 0 Å². The Hall–Kier alpha value is -1.91. The standard InChI is InChI=1S/C80H151NO3/c1-3-5-7-9-11-13-15-17-19-21-23-25-27-29-31-33-35-36-37-38-39-40-41-42-43-44-46-48-50-52-54-56-58-60-62-64-66-68-70-72-74-76-80(84)81-78(77-82)79(83)75-73-71-69-67-65-63-61-59-57-55-53-51-49-47-45-34-32-30-28-26-24-22-20-18-16-14-12-10-8-6-4-2/h5,7,11,13,17,19,23,25,73,75,78-79,82-83H,3-4,6,8-10,12,14-16,18,20-22,24,26-72,74,76-77H2,1-2H3,(H,81,84)/b7-5-,13-11-,19-17-,25-23-,75-73+. The lowest BCUT2D eigenvalue weighted by molar-refractivity contribution is -0.123. The quantitative estimate of drug-likeness (QED) is 0.0420. The zero-order valence-corrected chi connectivity index (χ0v) is 57.2. The zero-order valence-electron chi connectivity index (χ0n) is 57.2. The Labute approximate surface area is 527 Å². The third-order valence-electron chi connectivity index (χ3n) is 18.0. The van der Waals surface area contributed by atoms with Crippen molar-refractivity contribution < 1.29 is 15.0 Å². The molecule has 0 saturated carbocycles. The van der Waals surface area contributed by atoms with Crippen molar-refractivity contribution in [3.05, 3.63) is 60.8 Å². The Morgan fingerprint density at radius 2 is 0.524 bits per heavy atom. The van der Waals surface area contributed by atoms with E-state index < -0.39 is 12.1 Å². The summed E-state index contributed by atoms with van der Waals surface area (Å²) in [5.74, 6) is -0.0547. The average Bonchev–Trinajstić information content (AvgIpc) is 3.51. The van der Waals surface area contributed by atoms with E-state index in [1.165, 1.54) is 353 Å². The molecule has 0 aliphatic rings. The first-order valence-electron chi connectivity index (χ1n) is 38.5. The van der Waals surface area contributed by atoms with Crippen LogP contribution in [0.4, 0.5) is 0 Å². The highest BCUT2D eigenvalue weighted by Gasteiger charge is 2.18. The smallest absolute Gasteiger partial charge is 0.220 e. The third kappa shape index (κ3) is 70.8. The van der Waals surface area contributed by atoms with Gasteiger partial charge in [-0.2, -0.15) is 0 Å². The molecule has 0 spiro atoms. The molecular formula is C80H151NO3. The number of aliphatic hydroxyl groups excluding tert-OH is 2. The molecule has 2 atom stereocenters. The van der Waals surface area contributed by atoms with Gasteiger partial charge in [0.05, 0.1) is 18.8 Å². The number of nitrogens with one attached hydrogen (secondary N) is 1. The van der Waals surface area contributed by atoms with E-state index in [2.05, 4.69) is 67.8 Å². The maximum absolute atomic E-state index is 12.6. The average molecular weight is 1180 g/mol. The maximum Gasteiger partial charge on any atom is 0.220 e. The van der Waals surface area contributed by atoms with Crippen molar-refractivity contribution in [3.8, 4) is 0 Å². The highest BCUT2D eigenvalue weighted by Crippen LogP contribution is 2.20. The number of unbranched alkanes of at least 4 members (excludes halogenated alkanes) is 57. The SMILES string of the molecule is CC/C=C\C/C=C\C/C=C\C/C=C\CCCCCCCCCCCCCCCCCCCCCCCCCCCCCCC(=O)NC(CO)C(O)/C=C/CCCCCCCCCCCCCCCCCCCCCCCCCCCCCCC. The van der Waals surface area contributed by atoms with Gasteiger partial charge in [-0.15, -0.1) is 0 Å². The molecule has 0 saturated heterocycles. The Morgan fingerprint density at radius 3 is 0.786 bits per heavy atom. The maximum atomic E-state index is 12.6. The number of amides is 1. The zero-order chi connectivity index (χ0) is 60.5. The Morgan fingerprint density at radius 1 is 0.298 bits per heavy atom. The summed E-state index contributed by atoms with van der Waals surface area (Å²) in [6.45, 7) is 4.24. The van der Waals surface area contributed by atoms with Gasteiger partial charge in [0, 0.05) is 6.42 Å². The van der Waals surface area contributed by atoms with Crippen molar-refractivity contribution in [1.29, 1.82) is 0 Å². The third-order valence-corrected chi connectivity index (χ3v) is 18.0. The molecule has 1 amide bonds. The van der Waals surface area contributed by atoms with Gasteiger partial charge in [0.15, 0.2) is 0 Å². The summed E-state index contributed by atoms with van der Waals surface area (Å²) in [7, 11) is 0. The highest BCUT2D eigenvalue weighted by atomic mass is 16.3. The minimum absolute atomic E-state index is 0.0547. The van der Waals surface area contributed by atoms with E-state index in [1.807, 2.05) is 6.08 Å². The molecule has 0 aromatic carbocycles. The number of aliphatic hydroxyl groups is 2. The summed E-state index contributed by atoms with van der Waals surface area (Å²) in [4.78, 5) is 12.6. The second-order valence-corrected chi connectivity index (χ2v) is 26.4. The predicted octanol–water partition coefficient (Wildman–Crippen LogP) is 26.6. The van der Waals surface area contributed by atoms with E-state index in [0.29, 0.717) is 6.42 Å². The van der Waals surface area contributed by atoms with Crippen molar-refractivity contribution in [2.75, 3.05) is 6.61 Å². The van der Waals surface area contributed by atoms with Crippen LogP contribution in [0.1, 0.15) is 425 Å². The molecule has 2 unspecified atom stereocenters. The molecule has 0 aliphatic carbocycles. The Kier molecular flexibility index (Phi) is 73.6. The topological polar surface area (TPSA) is 69.6 Å². The molecule has 0 heterocycles. The Bertz CT molecular complexity index is 1380. The second-order valence-electron chi connectivity index (χ2n) is 26.4. The number of carbonyl (C=O) groups excluding carboxylic acids is 1. The van der Waals surface area contributed by atoms with Crippen LogP contribution >= 0.6 is 0 Å². The van der Waals surface area contributed by atoms with E-state index >= 15 is 0 Å². The fraction of sp³-hybridized carbons (Fsp3) is 0.863. The van der Waals surface area contributed by atoms with Gasteiger partial charge in [-0.05, 0) is 57.8 Å². The first-order chi connectivity index (χ1) is 41.7. The highest BCUT2D eigenvalue weighted by molar-refractivity contribution is 5.76. The predicted molar refractivity (Wildman–Crippen MR) is 378 cm³/mol. The molecule has 84 heavy (non-hydrogen) atoms. The van der Waals surface area contributed by atoms with Crippen molar-refractivity contribution in [2.24, 2.45) is 0 Å². The van der Waals surface area contributed by atoms with Crippen LogP contribution in [-0.2, 0) is 4.79 Å². The summed E-state index contributed by atoms with van der Waals surface area (Å²) in [5, 5.41) is 23.4. The van der Waals surface area contributed by atoms with Crippen LogP contribution in [0.3, 0.4) is 0 Å². The Balaban J connectivity index is 3.39. The van der Waals surface area contributed by atoms with Gasteiger partial charge in [-0.3, -0.25) is 4.79 Å². The van der Waals surface area contributed by atoms with Gasteiger partial charge >= 0.3 is 0 Å². The van der Waals surface area contributed by atoms with Gasteiger partial charge in [0.1, 0.15) is 0 Å². The lowest BCUT2D eigenvalue weighted by Crippen LogP contribution is -2.45. The van der Waals surface area contributed by atoms with E-state index in [0.717, 1.165) is 51.4 Å². The molecular weight excluding hydrogens is 1020 g/mol. The molecule has 4 nitrogen and oxygen atoms in total. The number of hydrogen-bond acceptors (Lipinski definition) is 3. The monoisotopic (exact) mass is 1170 g/mol. The largest absolute Gasteiger partial charge is 0.394 e. The minimum Gasteiger partial charge on any atom is -0.394 e. The molecule has 0 rings (SSSR count). The molecule has 0 aromatic rings. The summed E-state index contributed by atoms with van der Waals surface area (Å²) < 4.78 is 0. The van der Waals surface area contributed by atoms with Crippen LogP contribution < -0.4 is 5.32 Å². The van der Waals surface area contributed by atoms with E-state index in [1.54, 1.807) is 6.08 Å². The fourth-order valence-electron chi connectivity index (χ4n) is 12.2. The number of allylic oxidation sites excluding steroid dienone is 9. The van der Waals surface area contributed by atoms with Crippen molar-refractivity contribution >= 4 is 5.91 Å². The second kappa shape index (κ2) is 75.3. The molecule has 0 bridgehead atoms. The summed E-state index contributed by atoms with van der Waals surface area (Å²) >= 11 is 0. The number of carbonyl (C=O) groups is 1. The lowest BCUT2D eigenvalue weighted by atomic mass is 10.0. The normalized spacial score (nSPS) is 13.0. The van der Waals surface area contributed by atoms with Crippen LogP contribution in [0.5, 0.6) is 0 Å². The first kappa shape index (κ1) is 82.1. The molecule has 0 aliphatic heterocycles. The van der Waals surface area contributed by atoms with Crippen molar-refractivity contribution in [1.82, 2.24) is 5.32 Å². The summed E-state index contributed by atoms with van der Waals surface area (Å²) in [5.41, 5.74) is 0. The molecule has 0 fully saturated rings. The van der Waals surface area contributed by atoms with E-state index in [-0.39, 0.29) is 12.5 Å². The molecule has 494 valence electrons. The van der Waals surface area contributed by atoms with Crippen molar-refractivity contribution in [3.63, 3.8) is 0 Å². The summed E-state index contributed by atoms with van der Waals surface area (Å²) in [6, 6.07) is -0.623. The van der Waals surface area contributed by atoms with Crippen LogP contribution in [0.15, 0.2) is 60.8 Å². The van der Waals surface area contributed by atoms with Gasteiger partial charge in [-0.1, -0.05) is 421 Å². The first-order valence-corrected chi connectivity index (χ1v) is 38.5. The fourth-order valence-corrected chi connectivity index (χ4v) is 12.2. The minimum atomic E-state index is -0.840. The van der Waals surface area contributed by atoms with Crippen LogP contribution in [0.25, 0.3) is 0 Å². The molecule has 0 radical (unpaired) electrons. The molecule has 0 aromatic heterocycles. The van der Waals surface area contributed by atoms with Crippen molar-refractivity contribution in [2.45, 2.75) is 437 Å². The molecule has 3 N–H and O–H groups in total. The number of hydrogen-bond donors (Lipinski definition) is 3. The summed E-state index contributed by atoms with van der Waals surface area (Å²) in [6.07, 6.45) is 108. The van der Waals surface area contributed by atoms with Gasteiger partial charge in [0.25, 0.3) is 0 Å². The van der Waals surface area contributed by atoms with Gasteiger partial charge in [0.2, 0.25) is 5.91 Å².